The lowest BCUT2D eigenvalue weighted by molar-refractivity contribution is 0.151. The Hall–Kier alpha value is -2.16. The van der Waals surface area contributed by atoms with Crippen LogP contribution in [0.1, 0.15) is 34.1 Å². The van der Waals surface area contributed by atoms with Gasteiger partial charge in [-0.25, -0.2) is 0 Å². The summed E-state index contributed by atoms with van der Waals surface area (Å²) in [6, 6.07) is 0.460. The van der Waals surface area contributed by atoms with Crippen molar-refractivity contribution >= 4 is 0 Å². The maximum atomic E-state index is 3.90. The molecule has 0 saturated heterocycles. The normalized spacial score (nSPS) is 22.3. The van der Waals surface area contributed by atoms with Crippen LogP contribution in [0.4, 0.5) is 0 Å². The van der Waals surface area contributed by atoms with Crippen LogP contribution in [-0.4, -0.2) is 37.1 Å². The highest BCUT2D eigenvalue weighted by Gasteiger charge is 2.25. The van der Waals surface area contributed by atoms with Crippen LogP contribution in [0.25, 0.3) is 0 Å². The zero-order valence-electron chi connectivity index (χ0n) is 19.4. The monoisotopic (exact) mass is 404 g/mol. The highest BCUT2D eigenvalue weighted by atomic mass is 15.2. The van der Waals surface area contributed by atoms with Crippen molar-refractivity contribution in [2.75, 3.05) is 26.2 Å². The molecule has 0 aromatic rings. The van der Waals surface area contributed by atoms with Crippen molar-refractivity contribution in [3.05, 3.63) is 96.7 Å². The molecular formula is C28H40N2. The Morgan fingerprint density at radius 2 is 1.80 bits per heavy atom. The van der Waals surface area contributed by atoms with Gasteiger partial charge < -0.3 is 5.32 Å². The predicted molar refractivity (Wildman–Crippen MR) is 134 cm³/mol. The molecule has 162 valence electrons. The number of allylic oxidation sites excluding steroid dienone is 11. The molecule has 1 N–H and O–H groups in total. The molecule has 0 aromatic heterocycles. The highest BCUT2D eigenvalue weighted by molar-refractivity contribution is 5.38. The van der Waals surface area contributed by atoms with E-state index >= 15 is 0 Å². The van der Waals surface area contributed by atoms with Gasteiger partial charge in [-0.05, 0) is 30.4 Å². The minimum Gasteiger partial charge on any atom is -0.311 e. The van der Waals surface area contributed by atoms with E-state index in [2.05, 4.69) is 106 Å². The van der Waals surface area contributed by atoms with Crippen LogP contribution in [-0.2, 0) is 0 Å². The van der Waals surface area contributed by atoms with Crippen molar-refractivity contribution < 1.29 is 0 Å². The standard InChI is InChI=1S/C28H40N2/c1-7-25-11-9-12-27(15-14-25)20-29-19-24(5)30(21-23(3)4)22-28(6)17-10-13-26(8-2)16-18-28/h7-11,13-18,23-24,29H,1-2,12,19-22H2,3-6H3. The van der Waals surface area contributed by atoms with Gasteiger partial charge in [-0.2, -0.15) is 0 Å². The first-order valence-corrected chi connectivity index (χ1v) is 11.2. The first kappa shape index (κ1) is 24.1. The van der Waals surface area contributed by atoms with Crippen molar-refractivity contribution in [3.63, 3.8) is 0 Å². The predicted octanol–water partition coefficient (Wildman–Crippen LogP) is 6.17. The fourth-order valence-electron chi connectivity index (χ4n) is 3.85. The third kappa shape index (κ3) is 7.93. The largest absolute Gasteiger partial charge is 0.311 e. The number of hydrogen-bond donors (Lipinski definition) is 1. The third-order valence-electron chi connectivity index (χ3n) is 5.65. The van der Waals surface area contributed by atoms with Crippen LogP contribution in [0.15, 0.2) is 96.7 Å². The van der Waals surface area contributed by atoms with Crippen LogP contribution >= 0.6 is 0 Å². The molecule has 0 aromatic carbocycles. The molecule has 0 bridgehead atoms. The van der Waals surface area contributed by atoms with Crippen LogP contribution in [0.5, 0.6) is 0 Å². The van der Waals surface area contributed by atoms with Gasteiger partial charge >= 0.3 is 0 Å². The second-order valence-corrected chi connectivity index (χ2v) is 9.17. The Morgan fingerprint density at radius 1 is 1.07 bits per heavy atom. The Kier molecular flexibility index (Phi) is 9.55. The molecule has 2 aliphatic rings. The van der Waals surface area contributed by atoms with Crippen molar-refractivity contribution in [1.29, 1.82) is 0 Å². The molecule has 2 nitrogen and oxygen atoms in total. The van der Waals surface area contributed by atoms with Gasteiger partial charge in [0, 0.05) is 37.6 Å². The zero-order valence-corrected chi connectivity index (χ0v) is 19.4. The summed E-state index contributed by atoms with van der Waals surface area (Å²) in [5, 5.41) is 3.69. The Bertz CT molecular complexity index is 772. The van der Waals surface area contributed by atoms with Crippen molar-refractivity contribution in [2.45, 2.75) is 40.2 Å². The minimum absolute atomic E-state index is 0.0188. The summed E-state index contributed by atoms with van der Waals surface area (Å²) in [5.41, 5.74) is 3.77. The van der Waals surface area contributed by atoms with Gasteiger partial charge in [-0.3, -0.25) is 4.90 Å². The van der Waals surface area contributed by atoms with Crippen LogP contribution in [0, 0.1) is 11.3 Å². The molecule has 30 heavy (non-hydrogen) atoms. The summed E-state index contributed by atoms with van der Waals surface area (Å²) in [7, 11) is 0. The smallest absolute Gasteiger partial charge is 0.0193 e. The van der Waals surface area contributed by atoms with Crippen molar-refractivity contribution in [2.24, 2.45) is 11.3 Å². The molecule has 2 unspecified atom stereocenters. The van der Waals surface area contributed by atoms with Crippen LogP contribution in [0.2, 0.25) is 0 Å². The van der Waals surface area contributed by atoms with E-state index in [4.69, 9.17) is 0 Å². The van der Waals surface area contributed by atoms with Gasteiger partial charge in [0.05, 0.1) is 0 Å². The second-order valence-electron chi connectivity index (χ2n) is 9.17. The summed E-state index contributed by atoms with van der Waals surface area (Å²) < 4.78 is 0. The van der Waals surface area contributed by atoms with E-state index in [0.717, 1.165) is 32.6 Å². The van der Waals surface area contributed by atoms with Gasteiger partial charge in [-0.15, -0.1) is 0 Å². The number of rotatable bonds is 11. The van der Waals surface area contributed by atoms with Gasteiger partial charge in [-0.1, -0.05) is 106 Å². The zero-order chi connectivity index (χ0) is 22.0. The number of nitrogens with zero attached hydrogens (tertiary/aromatic N) is 1. The number of nitrogens with one attached hydrogen (secondary N) is 1. The first-order chi connectivity index (χ1) is 14.3. The maximum Gasteiger partial charge on any atom is 0.0193 e. The average Bonchev–Trinajstić information content (AvgIpc) is 3.05. The lowest BCUT2D eigenvalue weighted by Gasteiger charge is -2.37. The van der Waals surface area contributed by atoms with Gasteiger partial charge in [0.25, 0.3) is 0 Å². The van der Waals surface area contributed by atoms with Crippen molar-refractivity contribution in [3.8, 4) is 0 Å². The molecule has 0 radical (unpaired) electrons. The molecule has 0 heterocycles. The maximum absolute atomic E-state index is 3.90. The van der Waals surface area contributed by atoms with E-state index in [-0.39, 0.29) is 5.41 Å². The molecule has 2 atom stereocenters. The molecule has 0 amide bonds. The molecular weight excluding hydrogens is 364 g/mol. The van der Waals surface area contributed by atoms with Gasteiger partial charge in [0.1, 0.15) is 0 Å². The highest BCUT2D eigenvalue weighted by Crippen LogP contribution is 2.27. The van der Waals surface area contributed by atoms with E-state index in [1.165, 1.54) is 16.7 Å². The summed E-state index contributed by atoms with van der Waals surface area (Å²) in [5.74, 6) is 0.633. The van der Waals surface area contributed by atoms with Crippen LogP contribution in [0.3, 0.4) is 0 Å². The summed E-state index contributed by atoms with van der Waals surface area (Å²) in [6.07, 6.45) is 24.7. The van der Waals surface area contributed by atoms with E-state index in [1.807, 2.05) is 12.2 Å². The van der Waals surface area contributed by atoms with E-state index in [9.17, 15) is 0 Å². The average molecular weight is 405 g/mol. The molecule has 0 fully saturated rings. The fraction of sp³-hybridized carbons (Fsp3) is 0.429. The molecule has 0 saturated carbocycles. The van der Waals surface area contributed by atoms with Gasteiger partial charge in [0.15, 0.2) is 0 Å². The third-order valence-corrected chi connectivity index (χ3v) is 5.65. The summed E-state index contributed by atoms with van der Waals surface area (Å²) in [4.78, 5) is 2.63. The first-order valence-electron chi connectivity index (χ1n) is 11.2. The lowest BCUT2D eigenvalue weighted by Crippen LogP contribution is -2.46. The van der Waals surface area contributed by atoms with Crippen LogP contribution < -0.4 is 5.32 Å². The quantitative estimate of drug-likeness (QED) is 0.443. The van der Waals surface area contributed by atoms with E-state index in [0.29, 0.717) is 12.0 Å². The lowest BCUT2D eigenvalue weighted by atomic mass is 9.88. The van der Waals surface area contributed by atoms with E-state index in [1.54, 1.807) is 0 Å². The Labute approximate surface area is 184 Å². The topological polar surface area (TPSA) is 15.3 Å². The molecule has 0 aliphatic heterocycles. The number of hydrogen-bond acceptors (Lipinski definition) is 2. The minimum atomic E-state index is 0.0188. The molecule has 2 aliphatic carbocycles. The Balaban J connectivity index is 1.97. The van der Waals surface area contributed by atoms with Gasteiger partial charge in [0.2, 0.25) is 0 Å². The molecule has 2 rings (SSSR count). The fourth-order valence-corrected chi connectivity index (χ4v) is 3.85. The summed E-state index contributed by atoms with van der Waals surface area (Å²) in [6.45, 7) is 21.0. The SMILES string of the molecule is C=CC1=CC=CC(C)(CN(CC(C)C)C(C)CNCC2=CC=C(C=C)C=CC2)C=C1. The second kappa shape index (κ2) is 11.9. The Morgan fingerprint density at radius 3 is 2.50 bits per heavy atom. The van der Waals surface area contributed by atoms with Crippen molar-refractivity contribution in [1.82, 2.24) is 10.2 Å². The molecule has 2 heteroatoms. The summed E-state index contributed by atoms with van der Waals surface area (Å²) >= 11 is 0. The van der Waals surface area contributed by atoms with E-state index < -0.39 is 0 Å². The molecule has 0 spiro atoms.